The predicted molar refractivity (Wildman–Crippen MR) is 97.1 cm³/mol. The molecule has 0 aromatic heterocycles. The van der Waals surface area contributed by atoms with Gasteiger partial charge in [-0.15, -0.1) is 0 Å². The number of piperidine rings is 1. The topological polar surface area (TPSA) is 90.0 Å². The van der Waals surface area contributed by atoms with Crippen LogP contribution in [-0.4, -0.2) is 66.8 Å². The molecule has 0 saturated carbocycles. The number of carbonyl (C=O) groups excluding carboxylic acids is 4. The van der Waals surface area contributed by atoms with Gasteiger partial charge in [-0.2, -0.15) is 0 Å². The molecule has 8 heteroatoms. The normalized spacial score (nSPS) is 21.5. The van der Waals surface area contributed by atoms with Crippen molar-refractivity contribution in [3.05, 3.63) is 29.8 Å². The quantitative estimate of drug-likeness (QED) is 0.819. The highest BCUT2D eigenvalue weighted by molar-refractivity contribution is 6.08. The van der Waals surface area contributed by atoms with E-state index >= 15 is 0 Å². The third kappa shape index (κ3) is 2.67. The molecule has 27 heavy (non-hydrogen) atoms. The number of hydrogen-bond acceptors (Lipinski definition) is 4. The van der Waals surface area contributed by atoms with E-state index in [0.717, 1.165) is 16.2 Å². The van der Waals surface area contributed by atoms with E-state index in [1.165, 1.54) is 0 Å². The van der Waals surface area contributed by atoms with Gasteiger partial charge in [0.1, 0.15) is 6.54 Å². The molecule has 2 fully saturated rings. The number of para-hydroxylation sites is 1. The monoisotopic (exact) mass is 370 g/mol. The van der Waals surface area contributed by atoms with E-state index in [0.29, 0.717) is 32.5 Å². The van der Waals surface area contributed by atoms with Gasteiger partial charge in [0.25, 0.3) is 0 Å². The SMILES string of the molecule is CN1C(=O)C2(CCN(C(=O)CN3C(=O)CCNC3=O)CC2)c2ccccc21. The van der Waals surface area contributed by atoms with Gasteiger partial charge >= 0.3 is 6.03 Å². The number of carbonyl (C=O) groups is 4. The summed E-state index contributed by atoms with van der Waals surface area (Å²) in [6.07, 6.45) is 1.29. The average Bonchev–Trinajstić information content (AvgIpc) is 2.88. The van der Waals surface area contributed by atoms with Crippen molar-refractivity contribution in [3.63, 3.8) is 0 Å². The van der Waals surface area contributed by atoms with Gasteiger partial charge in [-0.05, 0) is 24.5 Å². The van der Waals surface area contributed by atoms with E-state index in [1.54, 1.807) is 16.8 Å². The van der Waals surface area contributed by atoms with Gasteiger partial charge in [-0.25, -0.2) is 4.79 Å². The van der Waals surface area contributed by atoms with Crippen molar-refractivity contribution in [1.82, 2.24) is 15.1 Å². The van der Waals surface area contributed by atoms with E-state index in [1.807, 2.05) is 24.3 Å². The Kier molecular flexibility index (Phi) is 4.13. The van der Waals surface area contributed by atoms with E-state index < -0.39 is 11.4 Å². The Morgan fingerprint density at radius 1 is 1.15 bits per heavy atom. The molecule has 0 radical (unpaired) electrons. The van der Waals surface area contributed by atoms with Crippen molar-refractivity contribution in [2.45, 2.75) is 24.7 Å². The Balaban J connectivity index is 1.46. The average molecular weight is 370 g/mol. The zero-order chi connectivity index (χ0) is 19.2. The number of rotatable bonds is 2. The Bertz CT molecular complexity index is 813. The first-order valence-electron chi connectivity index (χ1n) is 9.18. The molecule has 1 aromatic carbocycles. The minimum absolute atomic E-state index is 0.0707. The summed E-state index contributed by atoms with van der Waals surface area (Å²) in [5, 5.41) is 2.58. The lowest BCUT2D eigenvalue weighted by atomic mass is 9.73. The number of amides is 5. The highest BCUT2D eigenvalue weighted by Gasteiger charge is 2.51. The summed E-state index contributed by atoms with van der Waals surface area (Å²) in [5.41, 5.74) is 1.37. The molecule has 3 heterocycles. The summed E-state index contributed by atoms with van der Waals surface area (Å²) in [6.45, 7) is 0.915. The van der Waals surface area contributed by atoms with Gasteiger partial charge in [-0.1, -0.05) is 18.2 Å². The number of urea groups is 1. The van der Waals surface area contributed by atoms with Crippen LogP contribution in [0.2, 0.25) is 0 Å². The number of imide groups is 1. The number of benzene rings is 1. The second kappa shape index (κ2) is 6.37. The van der Waals surface area contributed by atoms with Crippen molar-refractivity contribution >= 4 is 29.4 Å². The minimum atomic E-state index is -0.583. The Morgan fingerprint density at radius 2 is 1.85 bits per heavy atom. The molecule has 1 N–H and O–H groups in total. The third-order valence-electron chi connectivity index (χ3n) is 5.92. The highest BCUT2D eigenvalue weighted by atomic mass is 16.2. The summed E-state index contributed by atoms with van der Waals surface area (Å²) in [7, 11) is 1.79. The first kappa shape index (κ1) is 17.5. The fourth-order valence-corrected chi connectivity index (χ4v) is 4.35. The van der Waals surface area contributed by atoms with Crippen LogP contribution in [0.4, 0.5) is 10.5 Å². The van der Waals surface area contributed by atoms with Gasteiger partial charge in [0.15, 0.2) is 0 Å². The van der Waals surface area contributed by atoms with E-state index in [2.05, 4.69) is 5.32 Å². The summed E-state index contributed by atoms with van der Waals surface area (Å²) < 4.78 is 0. The number of hydrogen-bond donors (Lipinski definition) is 1. The van der Waals surface area contributed by atoms with Crippen LogP contribution in [0.3, 0.4) is 0 Å². The summed E-state index contributed by atoms with van der Waals surface area (Å²) in [6, 6.07) is 7.27. The smallest absolute Gasteiger partial charge is 0.324 e. The lowest BCUT2D eigenvalue weighted by molar-refractivity contribution is -0.140. The molecule has 142 valence electrons. The van der Waals surface area contributed by atoms with Gasteiger partial charge in [0.2, 0.25) is 17.7 Å². The van der Waals surface area contributed by atoms with Crippen molar-refractivity contribution in [3.8, 4) is 0 Å². The maximum absolute atomic E-state index is 12.9. The number of nitrogens with zero attached hydrogens (tertiary/aromatic N) is 3. The summed E-state index contributed by atoms with van der Waals surface area (Å²) in [4.78, 5) is 53.6. The molecule has 0 atom stereocenters. The largest absolute Gasteiger partial charge is 0.341 e. The fraction of sp³-hybridized carbons (Fsp3) is 0.474. The molecule has 0 unspecified atom stereocenters. The lowest BCUT2D eigenvalue weighted by Crippen LogP contribution is -2.55. The highest BCUT2D eigenvalue weighted by Crippen LogP contribution is 2.47. The molecule has 1 spiro atoms. The molecule has 5 amide bonds. The molecular weight excluding hydrogens is 348 g/mol. The van der Waals surface area contributed by atoms with Crippen LogP contribution in [0, 0.1) is 0 Å². The van der Waals surface area contributed by atoms with Crippen LogP contribution in [0.1, 0.15) is 24.8 Å². The zero-order valence-electron chi connectivity index (χ0n) is 15.2. The molecule has 0 aliphatic carbocycles. The van der Waals surface area contributed by atoms with E-state index in [4.69, 9.17) is 0 Å². The van der Waals surface area contributed by atoms with Crippen molar-refractivity contribution in [2.24, 2.45) is 0 Å². The van der Waals surface area contributed by atoms with E-state index in [-0.39, 0.29) is 30.7 Å². The molecule has 4 rings (SSSR count). The first-order chi connectivity index (χ1) is 12.9. The maximum atomic E-state index is 12.9. The third-order valence-corrected chi connectivity index (χ3v) is 5.92. The molecule has 2 saturated heterocycles. The standard InChI is InChI=1S/C19H22N4O4/c1-21-14-5-3-2-4-13(14)19(17(21)26)7-10-22(11-8-19)16(25)12-23-15(24)6-9-20-18(23)27/h2-5H,6-12H2,1H3,(H,20,27). The van der Waals surface area contributed by atoms with Crippen LogP contribution < -0.4 is 10.2 Å². The molecule has 8 nitrogen and oxygen atoms in total. The van der Waals surface area contributed by atoms with Crippen molar-refractivity contribution in [1.29, 1.82) is 0 Å². The van der Waals surface area contributed by atoms with Gasteiger partial charge in [-0.3, -0.25) is 19.3 Å². The number of likely N-dealkylation sites (tertiary alicyclic amines) is 1. The Morgan fingerprint density at radius 3 is 2.56 bits per heavy atom. The Labute approximate surface area is 157 Å². The predicted octanol–water partition coefficient (Wildman–Crippen LogP) is 0.465. The molecular formula is C19H22N4O4. The number of likely N-dealkylation sites (N-methyl/N-ethyl adjacent to an activating group) is 1. The molecule has 0 bridgehead atoms. The second-order valence-electron chi connectivity index (χ2n) is 7.31. The van der Waals surface area contributed by atoms with Crippen LogP contribution in [0.25, 0.3) is 0 Å². The van der Waals surface area contributed by atoms with Crippen LogP contribution in [0.15, 0.2) is 24.3 Å². The van der Waals surface area contributed by atoms with Gasteiger partial charge < -0.3 is 15.1 Å². The first-order valence-corrected chi connectivity index (χ1v) is 9.18. The van der Waals surface area contributed by atoms with E-state index in [9.17, 15) is 19.2 Å². The summed E-state index contributed by atoms with van der Waals surface area (Å²) in [5.74, 6) is -0.522. The van der Waals surface area contributed by atoms with Crippen LogP contribution >= 0.6 is 0 Å². The minimum Gasteiger partial charge on any atom is -0.341 e. The zero-order valence-corrected chi connectivity index (χ0v) is 15.2. The van der Waals surface area contributed by atoms with Crippen molar-refractivity contribution in [2.75, 3.05) is 38.1 Å². The molecule has 3 aliphatic heterocycles. The van der Waals surface area contributed by atoms with Gasteiger partial charge in [0.05, 0.1) is 5.41 Å². The molecule has 3 aliphatic rings. The number of anilines is 1. The molecule has 1 aromatic rings. The number of nitrogens with one attached hydrogen (secondary N) is 1. The second-order valence-corrected chi connectivity index (χ2v) is 7.31. The lowest BCUT2D eigenvalue weighted by Gasteiger charge is -2.39. The fourth-order valence-electron chi connectivity index (χ4n) is 4.35. The maximum Gasteiger partial charge on any atom is 0.324 e. The number of fused-ring (bicyclic) bond motifs is 2. The Hall–Kier alpha value is -2.90. The van der Waals surface area contributed by atoms with Crippen LogP contribution in [-0.2, 0) is 19.8 Å². The van der Waals surface area contributed by atoms with Crippen molar-refractivity contribution < 1.29 is 19.2 Å². The van der Waals surface area contributed by atoms with Crippen LogP contribution in [0.5, 0.6) is 0 Å². The van der Waals surface area contributed by atoms with Gasteiger partial charge in [0, 0.05) is 38.8 Å². The summed E-state index contributed by atoms with van der Waals surface area (Å²) >= 11 is 0.